The number of piperidine rings is 1. The Morgan fingerprint density at radius 3 is 2.59 bits per heavy atom. The van der Waals surface area contributed by atoms with Crippen LogP contribution in [0.15, 0.2) is 23.2 Å². The molecule has 164 valence electrons. The number of aliphatic hydroxyl groups excluding tert-OH is 1. The molecule has 0 radical (unpaired) electrons. The number of likely N-dealkylation sites (tertiary alicyclic amines) is 1. The van der Waals surface area contributed by atoms with E-state index in [4.69, 9.17) is 19.6 Å². The summed E-state index contributed by atoms with van der Waals surface area (Å²) in [5.41, 5.74) is 1.05. The summed E-state index contributed by atoms with van der Waals surface area (Å²) in [5, 5.41) is 15.9. The van der Waals surface area contributed by atoms with Gasteiger partial charge in [-0.1, -0.05) is 6.07 Å². The molecule has 1 aromatic rings. The predicted octanol–water partition coefficient (Wildman–Crippen LogP) is 2.37. The summed E-state index contributed by atoms with van der Waals surface area (Å²) in [6.45, 7) is 6.09. The van der Waals surface area contributed by atoms with E-state index in [-0.39, 0.29) is 37.2 Å². The Kier molecular flexibility index (Phi) is 10.3. The fourth-order valence-corrected chi connectivity index (χ4v) is 3.62. The van der Waals surface area contributed by atoms with Crippen molar-refractivity contribution < 1.29 is 14.6 Å². The number of aliphatic hydroxyl groups is 1. The average Bonchev–Trinajstić information content (AvgIpc) is 3.57. The van der Waals surface area contributed by atoms with Crippen LogP contribution in [0.25, 0.3) is 0 Å². The van der Waals surface area contributed by atoms with E-state index in [1.807, 2.05) is 18.2 Å². The van der Waals surface area contributed by atoms with Crippen LogP contribution in [-0.2, 0) is 6.54 Å². The molecule has 7 nitrogen and oxygen atoms in total. The highest BCUT2D eigenvalue weighted by Gasteiger charge is 2.31. The number of rotatable bonds is 9. The number of hydrogen-bond donors (Lipinski definition) is 3. The van der Waals surface area contributed by atoms with Gasteiger partial charge in [0.05, 0.1) is 20.3 Å². The zero-order chi connectivity index (χ0) is 19.8. The zero-order valence-electron chi connectivity index (χ0n) is 17.5. The molecule has 0 atom stereocenters. The van der Waals surface area contributed by atoms with Crippen LogP contribution in [0.1, 0.15) is 38.2 Å². The van der Waals surface area contributed by atoms with Crippen LogP contribution in [0, 0.1) is 0 Å². The van der Waals surface area contributed by atoms with Gasteiger partial charge in [-0.15, -0.1) is 24.0 Å². The third kappa shape index (κ3) is 7.49. The van der Waals surface area contributed by atoms with Gasteiger partial charge >= 0.3 is 0 Å². The Hall–Kier alpha value is -1.26. The molecular formula is C21H35IN4O3. The molecule has 2 aliphatic rings. The molecule has 1 heterocycles. The molecule has 3 rings (SSSR count). The van der Waals surface area contributed by atoms with Crippen LogP contribution < -0.4 is 20.1 Å². The minimum Gasteiger partial charge on any atom is -0.493 e. The van der Waals surface area contributed by atoms with E-state index in [1.165, 1.54) is 38.8 Å². The van der Waals surface area contributed by atoms with Crippen molar-refractivity contribution >= 4 is 29.9 Å². The topological polar surface area (TPSA) is 78.4 Å². The van der Waals surface area contributed by atoms with E-state index in [2.05, 4.69) is 22.5 Å². The van der Waals surface area contributed by atoms with Crippen molar-refractivity contribution in [2.75, 3.05) is 40.0 Å². The molecule has 1 saturated carbocycles. The van der Waals surface area contributed by atoms with Gasteiger partial charge in [-0.2, -0.15) is 0 Å². The molecule has 1 aromatic carbocycles. The first-order valence-electron chi connectivity index (χ1n) is 10.4. The number of benzene rings is 1. The summed E-state index contributed by atoms with van der Waals surface area (Å²) in [6, 6.07) is 7.14. The molecule has 0 unspecified atom stereocenters. The van der Waals surface area contributed by atoms with Crippen molar-refractivity contribution in [3.63, 3.8) is 0 Å². The van der Waals surface area contributed by atoms with E-state index in [1.54, 1.807) is 7.11 Å². The van der Waals surface area contributed by atoms with E-state index >= 15 is 0 Å². The highest BCUT2D eigenvalue weighted by atomic mass is 127. The minimum atomic E-state index is -0.0213. The second kappa shape index (κ2) is 12.4. The summed E-state index contributed by atoms with van der Waals surface area (Å²) in [6.07, 6.45) is 5.11. The second-order valence-electron chi connectivity index (χ2n) is 7.44. The highest BCUT2D eigenvalue weighted by molar-refractivity contribution is 14.0. The Balaban J connectivity index is 0.00000300. The largest absolute Gasteiger partial charge is 0.493 e. The van der Waals surface area contributed by atoms with Gasteiger partial charge in [0.2, 0.25) is 0 Å². The van der Waals surface area contributed by atoms with Gasteiger partial charge in [0, 0.05) is 31.7 Å². The summed E-state index contributed by atoms with van der Waals surface area (Å²) in [7, 11) is 1.62. The number of hydrogen-bond acceptors (Lipinski definition) is 5. The summed E-state index contributed by atoms with van der Waals surface area (Å²) >= 11 is 0. The van der Waals surface area contributed by atoms with E-state index in [9.17, 15) is 0 Å². The molecule has 1 aliphatic carbocycles. The summed E-state index contributed by atoms with van der Waals surface area (Å²) < 4.78 is 10.9. The average molecular weight is 518 g/mol. The molecule has 0 aromatic heterocycles. The first-order valence-corrected chi connectivity index (χ1v) is 10.4. The van der Waals surface area contributed by atoms with Crippen LogP contribution in [0.3, 0.4) is 0 Å². The number of ether oxygens (including phenoxy) is 2. The summed E-state index contributed by atoms with van der Waals surface area (Å²) in [5.74, 6) is 2.16. The lowest BCUT2D eigenvalue weighted by atomic mass is 10.1. The maximum Gasteiger partial charge on any atom is 0.191 e. The predicted molar refractivity (Wildman–Crippen MR) is 127 cm³/mol. The van der Waals surface area contributed by atoms with Crippen molar-refractivity contribution in [3.05, 3.63) is 23.8 Å². The van der Waals surface area contributed by atoms with Gasteiger partial charge in [-0.05, 0) is 50.3 Å². The first kappa shape index (κ1) is 24.0. The lowest BCUT2D eigenvalue weighted by molar-refractivity contribution is 0.196. The Labute approximate surface area is 191 Å². The monoisotopic (exact) mass is 518 g/mol. The van der Waals surface area contributed by atoms with Gasteiger partial charge in [0.15, 0.2) is 17.5 Å². The third-order valence-corrected chi connectivity index (χ3v) is 5.27. The number of guanidine groups is 1. The van der Waals surface area contributed by atoms with Gasteiger partial charge in [0.25, 0.3) is 0 Å². The number of halogens is 1. The van der Waals surface area contributed by atoms with E-state index in [0.717, 1.165) is 24.1 Å². The van der Waals surface area contributed by atoms with Gasteiger partial charge < -0.3 is 30.1 Å². The highest BCUT2D eigenvalue weighted by Crippen LogP contribution is 2.29. The standard InChI is InChI=1S/C21H34N4O3.HI/c1-3-22-21(24-17-8-10-25(11-9-17)18-5-6-18)23-15-16-4-7-19(28-13-12-26)20(14-16)27-2;/h4,7,14,17-18,26H,3,5-6,8-13,15H2,1-2H3,(H2,22,23,24);1H. The molecule has 1 aliphatic heterocycles. The van der Waals surface area contributed by atoms with Crippen molar-refractivity contribution in [1.82, 2.24) is 15.5 Å². The minimum absolute atomic E-state index is 0. The Bertz CT molecular complexity index is 647. The van der Waals surface area contributed by atoms with Crippen LogP contribution in [0.4, 0.5) is 0 Å². The molecule has 29 heavy (non-hydrogen) atoms. The van der Waals surface area contributed by atoms with Crippen LogP contribution in [0.5, 0.6) is 11.5 Å². The van der Waals surface area contributed by atoms with E-state index in [0.29, 0.717) is 24.1 Å². The lowest BCUT2D eigenvalue weighted by Gasteiger charge is -2.33. The lowest BCUT2D eigenvalue weighted by Crippen LogP contribution is -2.49. The normalized spacial score (nSPS) is 18.1. The maximum absolute atomic E-state index is 8.92. The van der Waals surface area contributed by atoms with Crippen LogP contribution in [-0.4, -0.2) is 68.0 Å². The van der Waals surface area contributed by atoms with Crippen molar-refractivity contribution in [2.24, 2.45) is 4.99 Å². The second-order valence-corrected chi connectivity index (χ2v) is 7.44. The maximum atomic E-state index is 8.92. The fraction of sp³-hybridized carbons (Fsp3) is 0.667. The van der Waals surface area contributed by atoms with Crippen molar-refractivity contribution in [1.29, 1.82) is 0 Å². The number of methoxy groups -OCH3 is 1. The zero-order valence-corrected chi connectivity index (χ0v) is 19.9. The fourth-order valence-electron chi connectivity index (χ4n) is 3.62. The smallest absolute Gasteiger partial charge is 0.191 e. The Morgan fingerprint density at radius 2 is 1.97 bits per heavy atom. The molecule has 1 saturated heterocycles. The van der Waals surface area contributed by atoms with E-state index < -0.39 is 0 Å². The quantitative estimate of drug-likeness (QED) is 0.265. The van der Waals surface area contributed by atoms with Crippen molar-refractivity contribution in [3.8, 4) is 11.5 Å². The van der Waals surface area contributed by atoms with Gasteiger partial charge in [0.1, 0.15) is 6.61 Å². The number of aliphatic imine (C=N–C) groups is 1. The molecule has 0 spiro atoms. The summed E-state index contributed by atoms with van der Waals surface area (Å²) in [4.78, 5) is 7.39. The molecule has 3 N–H and O–H groups in total. The van der Waals surface area contributed by atoms with Gasteiger partial charge in [-0.3, -0.25) is 0 Å². The molecule has 8 heteroatoms. The number of nitrogens with zero attached hydrogens (tertiary/aromatic N) is 2. The molecule has 0 bridgehead atoms. The van der Waals surface area contributed by atoms with Crippen LogP contribution >= 0.6 is 24.0 Å². The molecular weight excluding hydrogens is 483 g/mol. The third-order valence-electron chi connectivity index (χ3n) is 5.27. The Morgan fingerprint density at radius 1 is 1.21 bits per heavy atom. The van der Waals surface area contributed by atoms with Gasteiger partial charge in [-0.25, -0.2) is 4.99 Å². The molecule has 2 fully saturated rings. The SMILES string of the molecule is CCNC(=NCc1ccc(OCCO)c(OC)c1)NC1CCN(C2CC2)CC1.I. The first-order chi connectivity index (χ1) is 13.7. The number of nitrogens with one attached hydrogen (secondary N) is 2. The van der Waals surface area contributed by atoms with Crippen molar-refractivity contribution in [2.45, 2.75) is 51.2 Å². The van der Waals surface area contributed by atoms with Crippen LogP contribution in [0.2, 0.25) is 0 Å². The molecule has 0 amide bonds.